The molecule has 0 unspecified atom stereocenters. The summed E-state index contributed by atoms with van der Waals surface area (Å²) in [6, 6.07) is 0. The molecule has 1 heterocycles. The summed E-state index contributed by atoms with van der Waals surface area (Å²) in [5.41, 5.74) is -3.78. The van der Waals surface area contributed by atoms with E-state index in [0.717, 1.165) is 0 Å². The first-order chi connectivity index (χ1) is 12.0. The molecule has 0 radical (unpaired) electrons. The number of esters is 1. The lowest BCUT2D eigenvalue weighted by Crippen LogP contribution is -2.62. The number of aliphatic hydroxyl groups is 2. The van der Waals surface area contributed by atoms with Crippen LogP contribution < -0.4 is 0 Å². The lowest BCUT2D eigenvalue weighted by molar-refractivity contribution is -0.158. The van der Waals surface area contributed by atoms with E-state index in [-0.39, 0.29) is 12.2 Å². The van der Waals surface area contributed by atoms with E-state index >= 15 is 0 Å². The number of rotatable bonds is 3. The van der Waals surface area contributed by atoms with Gasteiger partial charge in [-0.2, -0.15) is 0 Å². The van der Waals surface area contributed by atoms with Crippen LogP contribution in [0.4, 0.5) is 0 Å². The van der Waals surface area contributed by atoms with Gasteiger partial charge in [0.2, 0.25) is 0 Å². The molecule has 1 saturated carbocycles. The molecule has 0 aromatic heterocycles. The van der Waals surface area contributed by atoms with Gasteiger partial charge in [-0.15, -0.1) is 6.58 Å². The number of allylic oxidation sites excluding steroid dienone is 2. The number of ether oxygens (including phenoxy) is 1. The Morgan fingerprint density at radius 1 is 1.35 bits per heavy atom. The maximum atomic E-state index is 12.9. The SMILES string of the molecule is C=C[C@]1(C)C=C(C(=O)O)[C@@]2(CC1)OC(=O)[C@H]1[C@](C)(CO)CC[C@@H](O)[C@@]12C. The fourth-order valence-corrected chi connectivity index (χ4v) is 5.53. The summed E-state index contributed by atoms with van der Waals surface area (Å²) in [6.45, 7) is 9.02. The Morgan fingerprint density at radius 2 is 2.00 bits per heavy atom. The number of carboxylic acid groups (broad SMARTS) is 1. The van der Waals surface area contributed by atoms with E-state index < -0.39 is 45.8 Å². The number of carboxylic acids is 1. The summed E-state index contributed by atoms with van der Waals surface area (Å²) in [5, 5.41) is 30.8. The van der Waals surface area contributed by atoms with Crippen molar-refractivity contribution in [2.24, 2.45) is 22.2 Å². The predicted octanol–water partition coefficient (Wildman–Crippen LogP) is 2.05. The van der Waals surface area contributed by atoms with E-state index in [4.69, 9.17) is 4.74 Å². The number of fused-ring (bicyclic) bond motifs is 2. The molecule has 2 fully saturated rings. The summed E-state index contributed by atoms with van der Waals surface area (Å²) in [5.74, 6) is -2.45. The van der Waals surface area contributed by atoms with Crippen molar-refractivity contribution in [1.82, 2.24) is 0 Å². The molecule has 6 nitrogen and oxygen atoms in total. The van der Waals surface area contributed by atoms with Crippen LogP contribution in [0, 0.1) is 22.2 Å². The molecule has 1 aliphatic heterocycles. The van der Waals surface area contributed by atoms with Gasteiger partial charge in [0.1, 0.15) is 0 Å². The number of hydrogen-bond donors (Lipinski definition) is 3. The summed E-state index contributed by atoms with van der Waals surface area (Å²) in [6.07, 6.45) is 4.14. The van der Waals surface area contributed by atoms with Crippen LogP contribution >= 0.6 is 0 Å². The Labute approximate surface area is 153 Å². The van der Waals surface area contributed by atoms with Crippen molar-refractivity contribution in [1.29, 1.82) is 0 Å². The first kappa shape index (κ1) is 19.1. The quantitative estimate of drug-likeness (QED) is 0.523. The first-order valence-corrected chi connectivity index (χ1v) is 9.12. The topological polar surface area (TPSA) is 104 Å². The second-order valence-corrected chi connectivity index (χ2v) is 8.90. The number of hydrogen-bond acceptors (Lipinski definition) is 5. The molecule has 26 heavy (non-hydrogen) atoms. The maximum absolute atomic E-state index is 12.9. The summed E-state index contributed by atoms with van der Waals surface area (Å²) in [4.78, 5) is 25.1. The van der Waals surface area contributed by atoms with Crippen LogP contribution in [0.25, 0.3) is 0 Å². The van der Waals surface area contributed by atoms with Crippen LogP contribution in [-0.4, -0.2) is 45.6 Å². The highest BCUT2D eigenvalue weighted by molar-refractivity contribution is 5.93. The minimum Gasteiger partial charge on any atom is -0.478 e. The van der Waals surface area contributed by atoms with Crippen LogP contribution in [0.3, 0.4) is 0 Å². The Kier molecular flexibility index (Phi) is 4.17. The normalized spacial score (nSPS) is 47.9. The minimum absolute atomic E-state index is 0.00531. The lowest BCUT2D eigenvalue weighted by Gasteiger charge is -2.55. The summed E-state index contributed by atoms with van der Waals surface area (Å²) in [7, 11) is 0. The van der Waals surface area contributed by atoms with E-state index in [1.807, 2.05) is 13.8 Å². The van der Waals surface area contributed by atoms with Gasteiger partial charge in [0.05, 0.1) is 23.0 Å². The van der Waals surface area contributed by atoms with Gasteiger partial charge >= 0.3 is 11.9 Å². The number of aliphatic hydroxyl groups excluding tert-OH is 2. The third kappa shape index (κ3) is 2.18. The Balaban J connectivity index is 2.25. The van der Waals surface area contributed by atoms with Gasteiger partial charge in [-0.25, -0.2) is 4.79 Å². The van der Waals surface area contributed by atoms with Crippen molar-refractivity contribution in [3.05, 3.63) is 24.3 Å². The smallest absolute Gasteiger partial charge is 0.335 e. The van der Waals surface area contributed by atoms with Crippen LogP contribution in [-0.2, 0) is 14.3 Å². The summed E-state index contributed by atoms with van der Waals surface area (Å²) < 4.78 is 5.83. The third-order valence-electron chi connectivity index (χ3n) is 7.34. The van der Waals surface area contributed by atoms with Crippen LogP contribution in [0.15, 0.2) is 24.3 Å². The third-order valence-corrected chi connectivity index (χ3v) is 7.34. The van der Waals surface area contributed by atoms with Gasteiger partial charge in [-0.1, -0.05) is 32.9 Å². The summed E-state index contributed by atoms with van der Waals surface area (Å²) >= 11 is 0. The number of aliphatic carboxylic acids is 1. The molecule has 0 amide bonds. The predicted molar refractivity (Wildman–Crippen MR) is 94.1 cm³/mol. The monoisotopic (exact) mass is 364 g/mol. The standard InChI is InChI=1S/C20H28O6/c1-5-17(2)8-9-20(12(10-17)15(23)24)19(4)13(22)6-7-18(3,11-21)14(19)16(25)26-20/h5,10,13-14,21-22H,1,6-9,11H2,2-4H3,(H,23,24)/t13-,14+,17+,18+,19+,20-/m1/s1. The van der Waals surface area contributed by atoms with Crippen LogP contribution in [0.5, 0.6) is 0 Å². The molecule has 3 rings (SSSR count). The Hall–Kier alpha value is -1.66. The van der Waals surface area contributed by atoms with Crippen LogP contribution in [0.1, 0.15) is 46.5 Å². The largest absolute Gasteiger partial charge is 0.478 e. The van der Waals surface area contributed by atoms with E-state index in [1.54, 1.807) is 19.1 Å². The van der Waals surface area contributed by atoms with Gasteiger partial charge in [0.25, 0.3) is 0 Å². The van der Waals surface area contributed by atoms with Crippen molar-refractivity contribution in [2.45, 2.75) is 58.2 Å². The van der Waals surface area contributed by atoms with Crippen molar-refractivity contribution in [3.63, 3.8) is 0 Å². The molecule has 2 aliphatic carbocycles. The first-order valence-electron chi connectivity index (χ1n) is 9.12. The fourth-order valence-electron chi connectivity index (χ4n) is 5.53. The zero-order chi connectivity index (χ0) is 19.5. The van der Waals surface area contributed by atoms with E-state index in [9.17, 15) is 24.9 Å². The highest BCUT2D eigenvalue weighted by atomic mass is 16.6. The van der Waals surface area contributed by atoms with Crippen molar-refractivity contribution < 1.29 is 29.6 Å². The van der Waals surface area contributed by atoms with Gasteiger partial charge < -0.3 is 20.1 Å². The van der Waals surface area contributed by atoms with Gasteiger partial charge in [0.15, 0.2) is 5.60 Å². The molecule has 0 bridgehead atoms. The molecule has 6 atom stereocenters. The average Bonchev–Trinajstić information content (AvgIpc) is 2.83. The molecule has 6 heteroatoms. The molecule has 3 N–H and O–H groups in total. The number of carbonyl (C=O) groups is 2. The maximum Gasteiger partial charge on any atom is 0.335 e. The van der Waals surface area contributed by atoms with E-state index in [2.05, 4.69) is 6.58 Å². The molecular weight excluding hydrogens is 336 g/mol. The van der Waals surface area contributed by atoms with E-state index in [1.165, 1.54) is 0 Å². The van der Waals surface area contributed by atoms with Gasteiger partial charge in [0, 0.05) is 17.4 Å². The molecule has 3 aliphatic rings. The van der Waals surface area contributed by atoms with Crippen LogP contribution in [0.2, 0.25) is 0 Å². The fraction of sp³-hybridized carbons (Fsp3) is 0.700. The second-order valence-electron chi connectivity index (χ2n) is 8.90. The molecule has 144 valence electrons. The number of carbonyl (C=O) groups excluding carboxylic acids is 1. The van der Waals surface area contributed by atoms with E-state index in [0.29, 0.717) is 25.7 Å². The highest BCUT2D eigenvalue weighted by Crippen LogP contribution is 2.66. The highest BCUT2D eigenvalue weighted by Gasteiger charge is 2.74. The lowest BCUT2D eigenvalue weighted by atomic mass is 9.48. The molecule has 1 saturated heterocycles. The van der Waals surface area contributed by atoms with Crippen molar-refractivity contribution in [2.75, 3.05) is 6.61 Å². The zero-order valence-corrected chi connectivity index (χ0v) is 15.6. The Bertz CT molecular complexity index is 698. The average molecular weight is 364 g/mol. The van der Waals surface area contributed by atoms with Gasteiger partial charge in [-0.05, 0) is 25.7 Å². The van der Waals surface area contributed by atoms with Gasteiger partial charge in [-0.3, -0.25) is 4.79 Å². The molecule has 0 aromatic carbocycles. The van der Waals surface area contributed by atoms with Crippen molar-refractivity contribution >= 4 is 11.9 Å². The Morgan fingerprint density at radius 3 is 2.54 bits per heavy atom. The minimum atomic E-state index is -1.40. The van der Waals surface area contributed by atoms with Crippen molar-refractivity contribution in [3.8, 4) is 0 Å². The second kappa shape index (κ2) is 5.67. The molecule has 1 spiro atoms. The molecule has 0 aromatic rings. The molecular formula is C20H28O6. The zero-order valence-electron chi connectivity index (χ0n) is 15.6.